The molecule has 0 aliphatic rings. The molecular formula is C11H15ClO3S. The van der Waals surface area contributed by atoms with Crippen LogP contribution in [0.15, 0.2) is 24.3 Å². The Morgan fingerprint density at radius 2 is 1.94 bits per heavy atom. The molecule has 5 heteroatoms. The third kappa shape index (κ3) is 5.49. The minimum absolute atomic E-state index is 0.0871. The van der Waals surface area contributed by atoms with Gasteiger partial charge in [-0.3, -0.25) is 4.21 Å². The summed E-state index contributed by atoms with van der Waals surface area (Å²) in [7, 11) is -0.909. The molecule has 0 saturated heterocycles. The van der Waals surface area contributed by atoms with Gasteiger partial charge in [-0.2, -0.15) is 0 Å². The zero-order chi connectivity index (χ0) is 11.8. The molecule has 0 heterocycles. The van der Waals surface area contributed by atoms with Gasteiger partial charge >= 0.3 is 0 Å². The molecule has 0 spiro atoms. The van der Waals surface area contributed by atoms with E-state index in [4.69, 9.17) is 21.4 Å². The zero-order valence-corrected chi connectivity index (χ0v) is 10.5. The summed E-state index contributed by atoms with van der Waals surface area (Å²) in [6.45, 7) is 0.503. The van der Waals surface area contributed by atoms with Crippen LogP contribution in [0.5, 0.6) is 5.75 Å². The van der Waals surface area contributed by atoms with Crippen molar-refractivity contribution < 1.29 is 14.1 Å². The molecule has 0 radical (unpaired) electrons. The van der Waals surface area contributed by atoms with Gasteiger partial charge in [-0.25, -0.2) is 0 Å². The molecule has 90 valence electrons. The van der Waals surface area contributed by atoms with Crippen LogP contribution in [0.25, 0.3) is 0 Å². The second-order valence-corrected chi connectivity index (χ2v) is 5.36. The topological polar surface area (TPSA) is 46.5 Å². The molecule has 16 heavy (non-hydrogen) atoms. The first-order chi connectivity index (χ1) is 7.72. The van der Waals surface area contributed by atoms with Crippen LogP contribution < -0.4 is 4.74 Å². The first-order valence-corrected chi connectivity index (χ1v) is 6.93. The Labute approximate surface area is 103 Å². The van der Waals surface area contributed by atoms with Gasteiger partial charge in [0.1, 0.15) is 5.75 Å². The van der Waals surface area contributed by atoms with Crippen LogP contribution >= 0.6 is 11.6 Å². The van der Waals surface area contributed by atoms with Crippen molar-refractivity contribution in [1.82, 2.24) is 0 Å². The Bertz CT molecular complexity index is 327. The average molecular weight is 263 g/mol. The summed E-state index contributed by atoms with van der Waals surface area (Å²) >= 11 is 5.73. The van der Waals surface area contributed by atoms with Gasteiger partial charge in [0.05, 0.1) is 12.4 Å². The smallest absolute Gasteiger partial charge is 0.119 e. The highest BCUT2D eigenvalue weighted by molar-refractivity contribution is 7.84. The lowest BCUT2D eigenvalue weighted by molar-refractivity contribution is 0.295. The largest absolute Gasteiger partial charge is 0.493 e. The quantitative estimate of drug-likeness (QED) is 0.816. The van der Waals surface area contributed by atoms with Crippen molar-refractivity contribution in [2.75, 3.05) is 24.7 Å². The maximum absolute atomic E-state index is 11.3. The van der Waals surface area contributed by atoms with E-state index in [1.165, 1.54) is 0 Å². The normalized spacial score (nSPS) is 12.4. The number of rotatable bonds is 7. The van der Waals surface area contributed by atoms with Crippen LogP contribution in [-0.4, -0.2) is 34.0 Å². The molecular weight excluding hydrogens is 248 g/mol. The van der Waals surface area contributed by atoms with Gasteiger partial charge < -0.3 is 9.84 Å². The lowest BCUT2D eigenvalue weighted by Gasteiger charge is -2.05. The summed E-state index contributed by atoms with van der Waals surface area (Å²) < 4.78 is 16.7. The summed E-state index contributed by atoms with van der Waals surface area (Å²) in [4.78, 5) is 0. The molecule has 0 bridgehead atoms. The molecule has 0 fully saturated rings. The molecule has 0 aliphatic heterocycles. The van der Waals surface area contributed by atoms with E-state index in [0.717, 1.165) is 5.75 Å². The van der Waals surface area contributed by atoms with E-state index in [9.17, 15) is 4.21 Å². The van der Waals surface area contributed by atoms with Crippen LogP contribution in [0.3, 0.4) is 0 Å². The molecule has 1 aromatic carbocycles. The summed E-state index contributed by atoms with van der Waals surface area (Å²) in [5, 5.41) is 9.23. The number of hydrogen-bond acceptors (Lipinski definition) is 3. The SMILES string of the molecule is O=S(CCCO)CCOc1ccc(Cl)cc1. The van der Waals surface area contributed by atoms with Gasteiger partial charge in [0.15, 0.2) is 0 Å². The Morgan fingerprint density at radius 3 is 2.56 bits per heavy atom. The molecule has 1 N–H and O–H groups in total. The summed E-state index contributed by atoms with van der Waals surface area (Å²) in [5.74, 6) is 1.74. The summed E-state index contributed by atoms with van der Waals surface area (Å²) in [6, 6.07) is 7.05. The molecule has 1 rings (SSSR count). The Hall–Kier alpha value is -0.580. The molecule has 1 atom stereocenters. The Kier molecular flexibility index (Phi) is 6.45. The zero-order valence-electron chi connectivity index (χ0n) is 8.89. The number of aliphatic hydroxyl groups excluding tert-OH is 1. The van der Waals surface area contributed by atoms with E-state index in [-0.39, 0.29) is 6.61 Å². The summed E-state index contributed by atoms with van der Waals surface area (Å²) in [6.07, 6.45) is 0.577. The van der Waals surface area contributed by atoms with Crippen LogP contribution in [-0.2, 0) is 10.8 Å². The maximum atomic E-state index is 11.3. The fourth-order valence-electron chi connectivity index (χ4n) is 1.11. The van der Waals surface area contributed by atoms with E-state index in [1.807, 2.05) is 0 Å². The molecule has 0 aliphatic carbocycles. The van der Waals surface area contributed by atoms with Gasteiger partial charge in [0, 0.05) is 28.2 Å². The van der Waals surface area contributed by atoms with Gasteiger partial charge in [0.25, 0.3) is 0 Å². The monoisotopic (exact) mass is 262 g/mol. The van der Waals surface area contributed by atoms with Crippen molar-refractivity contribution in [3.8, 4) is 5.75 Å². The number of aliphatic hydroxyl groups is 1. The van der Waals surface area contributed by atoms with Crippen molar-refractivity contribution in [2.24, 2.45) is 0 Å². The Balaban J connectivity index is 2.20. The molecule has 1 aromatic rings. The van der Waals surface area contributed by atoms with E-state index in [1.54, 1.807) is 24.3 Å². The lowest BCUT2D eigenvalue weighted by Crippen LogP contribution is -2.11. The predicted molar refractivity (Wildman–Crippen MR) is 66.5 cm³/mol. The fourth-order valence-corrected chi connectivity index (χ4v) is 2.16. The molecule has 0 amide bonds. The van der Waals surface area contributed by atoms with Crippen molar-refractivity contribution >= 4 is 22.4 Å². The van der Waals surface area contributed by atoms with Gasteiger partial charge in [0.2, 0.25) is 0 Å². The molecule has 3 nitrogen and oxygen atoms in total. The third-order valence-electron chi connectivity index (χ3n) is 1.92. The minimum Gasteiger partial charge on any atom is -0.493 e. The second kappa shape index (κ2) is 7.65. The molecule has 0 aromatic heterocycles. The van der Waals surface area contributed by atoms with Crippen molar-refractivity contribution in [3.05, 3.63) is 29.3 Å². The highest BCUT2D eigenvalue weighted by Gasteiger charge is 2.00. The molecule has 1 unspecified atom stereocenters. The van der Waals surface area contributed by atoms with Crippen molar-refractivity contribution in [1.29, 1.82) is 0 Å². The van der Waals surface area contributed by atoms with Crippen molar-refractivity contribution in [2.45, 2.75) is 6.42 Å². The van der Waals surface area contributed by atoms with Crippen LogP contribution in [0.2, 0.25) is 5.02 Å². The predicted octanol–water partition coefficient (Wildman–Crippen LogP) is 1.85. The first kappa shape index (κ1) is 13.5. The van der Waals surface area contributed by atoms with Crippen LogP contribution in [0.4, 0.5) is 0 Å². The van der Waals surface area contributed by atoms with Crippen molar-refractivity contribution in [3.63, 3.8) is 0 Å². The molecule has 0 saturated carbocycles. The highest BCUT2D eigenvalue weighted by atomic mass is 35.5. The number of ether oxygens (including phenoxy) is 1. The minimum atomic E-state index is -0.909. The highest BCUT2D eigenvalue weighted by Crippen LogP contribution is 2.15. The fraction of sp³-hybridized carbons (Fsp3) is 0.455. The number of hydrogen-bond donors (Lipinski definition) is 1. The van der Waals surface area contributed by atoms with Gasteiger partial charge in [-0.15, -0.1) is 0 Å². The standard InChI is InChI=1S/C11H15ClO3S/c12-10-2-4-11(5-3-10)15-7-9-16(14)8-1-6-13/h2-5,13H,1,6-9H2. The van der Waals surface area contributed by atoms with Gasteiger partial charge in [-0.1, -0.05) is 11.6 Å². The second-order valence-electron chi connectivity index (χ2n) is 3.23. The maximum Gasteiger partial charge on any atom is 0.119 e. The lowest BCUT2D eigenvalue weighted by atomic mass is 10.3. The van der Waals surface area contributed by atoms with E-state index < -0.39 is 10.8 Å². The number of halogens is 1. The third-order valence-corrected chi connectivity index (χ3v) is 3.54. The first-order valence-electron chi connectivity index (χ1n) is 5.06. The van der Waals surface area contributed by atoms with E-state index in [0.29, 0.717) is 29.6 Å². The average Bonchev–Trinajstić information content (AvgIpc) is 2.29. The van der Waals surface area contributed by atoms with E-state index >= 15 is 0 Å². The van der Waals surface area contributed by atoms with Gasteiger partial charge in [-0.05, 0) is 30.7 Å². The number of benzene rings is 1. The van der Waals surface area contributed by atoms with E-state index in [2.05, 4.69) is 0 Å². The van der Waals surface area contributed by atoms with Crippen LogP contribution in [0, 0.1) is 0 Å². The summed E-state index contributed by atoms with van der Waals surface area (Å²) in [5.41, 5.74) is 0. The Morgan fingerprint density at radius 1 is 1.25 bits per heavy atom. The van der Waals surface area contributed by atoms with Crippen LogP contribution in [0.1, 0.15) is 6.42 Å².